The molecular formula is C14H26N2O. The molecule has 0 spiro atoms. The first-order valence-corrected chi connectivity index (χ1v) is 7.11. The van der Waals surface area contributed by atoms with Gasteiger partial charge in [0, 0.05) is 12.6 Å². The molecule has 1 saturated carbocycles. The van der Waals surface area contributed by atoms with E-state index in [9.17, 15) is 4.79 Å². The van der Waals surface area contributed by atoms with Gasteiger partial charge < -0.3 is 10.6 Å². The maximum atomic E-state index is 12.2. The SMILES string of the molecule is CC1(C)CCCCC1NC(=O)[C@H]1CCCNC1. The second-order valence-corrected chi connectivity index (χ2v) is 6.34. The minimum Gasteiger partial charge on any atom is -0.353 e. The van der Waals surface area contributed by atoms with Gasteiger partial charge in [-0.05, 0) is 37.6 Å². The Morgan fingerprint density at radius 2 is 2.06 bits per heavy atom. The standard InChI is InChI=1S/C14H26N2O/c1-14(2)8-4-3-7-12(14)16-13(17)11-6-5-9-15-10-11/h11-12,15H,3-10H2,1-2H3,(H,16,17)/t11-,12?/m0/s1. The zero-order valence-electron chi connectivity index (χ0n) is 11.2. The van der Waals surface area contributed by atoms with Gasteiger partial charge in [0.15, 0.2) is 0 Å². The zero-order chi connectivity index (χ0) is 12.3. The Bertz CT molecular complexity index is 269. The van der Waals surface area contributed by atoms with Crippen LogP contribution in [0.4, 0.5) is 0 Å². The summed E-state index contributed by atoms with van der Waals surface area (Å²) in [7, 11) is 0. The molecule has 1 heterocycles. The van der Waals surface area contributed by atoms with E-state index < -0.39 is 0 Å². The molecule has 3 nitrogen and oxygen atoms in total. The summed E-state index contributed by atoms with van der Waals surface area (Å²) in [5.41, 5.74) is 0.274. The van der Waals surface area contributed by atoms with E-state index in [1.54, 1.807) is 0 Å². The molecule has 2 rings (SSSR count). The summed E-state index contributed by atoms with van der Waals surface area (Å²) in [5, 5.41) is 6.61. The van der Waals surface area contributed by atoms with Crippen molar-refractivity contribution >= 4 is 5.91 Å². The normalized spacial score (nSPS) is 33.1. The smallest absolute Gasteiger partial charge is 0.224 e. The molecule has 0 bridgehead atoms. The monoisotopic (exact) mass is 238 g/mol. The van der Waals surface area contributed by atoms with Gasteiger partial charge in [0.05, 0.1) is 5.92 Å². The van der Waals surface area contributed by atoms with Crippen molar-refractivity contribution in [1.29, 1.82) is 0 Å². The number of hydrogen-bond acceptors (Lipinski definition) is 2. The third kappa shape index (κ3) is 3.21. The summed E-state index contributed by atoms with van der Waals surface area (Å²) >= 11 is 0. The molecule has 2 fully saturated rings. The molecule has 1 unspecified atom stereocenters. The van der Waals surface area contributed by atoms with Gasteiger partial charge in [0.25, 0.3) is 0 Å². The molecule has 0 aromatic rings. The topological polar surface area (TPSA) is 41.1 Å². The van der Waals surface area contributed by atoms with Crippen LogP contribution in [0.3, 0.4) is 0 Å². The fourth-order valence-electron chi connectivity index (χ4n) is 3.13. The number of amides is 1. The molecule has 0 radical (unpaired) electrons. The molecule has 2 aliphatic rings. The second-order valence-electron chi connectivity index (χ2n) is 6.34. The zero-order valence-corrected chi connectivity index (χ0v) is 11.2. The molecule has 2 atom stereocenters. The number of piperidine rings is 1. The maximum Gasteiger partial charge on any atom is 0.224 e. The van der Waals surface area contributed by atoms with Gasteiger partial charge in [-0.3, -0.25) is 4.79 Å². The highest BCUT2D eigenvalue weighted by molar-refractivity contribution is 5.79. The molecule has 1 amide bonds. The number of nitrogens with one attached hydrogen (secondary N) is 2. The van der Waals surface area contributed by atoms with Crippen LogP contribution in [0.25, 0.3) is 0 Å². The highest BCUT2D eigenvalue weighted by Crippen LogP contribution is 2.35. The highest BCUT2D eigenvalue weighted by Gasteiger charge is 2.34. The summed E-state index contributed by atoms with van der Waals surface area (Å²) < 4.78 is 0. The summed E-state index contributed by atoms with van der Waals surface area (Å²) in [6.07, 6.45) is 7.14. The molecule has 0 aromatic carbocycles. The first-order valence-electron chi connectivity index (χ1n) is 7.11. The number of carbonyl (C=O) groups excluding carboxylic acids is 1. The van der Waals surface area contributed by atoms with Crippen LogP contribution in [0.15, 0.2) is 0 Å². The van der Waals surface area contributed by atoms with Crippen molar-refractivity contribution in [1.82, 2.24) is 10.6 Å². The van der Waals surface area contributed by atoms with Gasteiger partial charge in [0.1, 0.15) is 0 Å². The summed E-state index contributed by atoms with van der Waals surface area (Å²) in [4.78, 5) is 12.2. The quantitative estimate of drug-likeness (QED) is 0.773. The van der Waals surface area contributed by atoms with Crippen LogP contribution in [0.1, 0.15) is 52.4 Å². The molecule has 1 saturated heterocycles. The molecule has 1 aliphatic heterocycles. The summed E-state index contributed by atoms with van der Waals surface area (Å²) in [6.45, 7) is 6.50. The lowest BCUT2D eigenvalue weighted by atomic mass is 9.73. The van der Waals surface area contributed by atoms with E-state index >= 15 is 0 Å². The molecule has 3 heteroatoms. The van der Waals surface area contributed by atoms with Crippen LogP contribution < -0.4 is 10.6 Å². The van der Waals surface area contributed by atoms with E-state index in [0.717, 1.165) is 32.4 Å². The molecule has 1 aliphatic carbocycles. The Hall–Kier alpha value is -0.570. The van der Waals surface area contributed by atoms with Gasteiger partial charge >= 0.3 is 0 Å². The van der Waals surface area contributed by atoms with Crippen molar-refractivity contribution in [3.8, 4) is 0 Å². The lowest BCUT2D eigenvalue weighted by Crippen LogP contribution is -2.50. The van der Waals surface area contributed by atoms with Gasteiger partial charge in [-0.15, -0.1) is 0 Å². The predicted molar refractivity (Wildman–Crippen MR) is 69.8 cm³/mol. The Morgan fingerprint density at radius 1 is 1.24 bits per heavy atom. The number of carbonyl (C=O) groups is 1. The Kier molecular flexibility index (Phi) is 4.08. The Morgan fingerprint density at radius 3 is 2.71 bits per heavy atom. The summed E-state index contributed by atoms with van der Waals surface area (Å²) in [5.74, 6) is 0.471. The largest absolute Gasteiger partial charge is 0.353 e. The number of rotatable bonds is 2. The fraction of sp³-hybridized carbons (Fsp3) is 0.929. The second kappa shape index (κ2) is 5.38. The maximum absolute atomic E-state index is 12.2. The van der Waals surface area contributed by atoms with E-state index in [2.05, 4.69) is 24.5 Å². The minimum absolute atomic E-state index is 0.196. The average molecular weight is 238 g/mol. The van der Waals surface area contributed by atoms with Crippen molar-refractivity contribution in [2.24, 2.45) is 11.3 Å². The molecule has 0 aromatic heterocycles. The van der Waals surface area contributed by atoms with Gasteiger partial charge in [-0.1, -0.05) is 26.7 Å². The first-order chi connectivity index (χ1) is 8.09. The van der Waals surface area contributed by atoms with Gasteiger partial charge in [-0.2, -0.15) is 0 Å². The molecule has 2 N–H and O–H groups in total. The molecule has 98 valence electrons. The predicted octanol–water partition coefficient (Wildman–Crippen LogP) is 2.07. The van der Waals surface area contributed by atoms with Crippen LogP contribution in [-0.4, -0.2) is 25.0 Å². The van der Waals surface area contributed by atoms with Crippen LogP contribution in [0.2, 0.25) is 0 Å². The average Bonchev–Trinajstić information content (AvgIpc) is 2.33. The molecular weight excluding hydrogens is 212 g/mol. The fourth-order valence-corrected chi connectivity index (χ4v) is 3.13. The van der Waals surface area contributed by atoms with Gasteiger partial charge in [-0.25, -0.2) is 0 Å². The number of hydrogen-bond donors (Lipinski definition) is 2. The lowest BCUT2D eigenvalue weighted by molar-refractivity contribution is -0.127. The lowest BCUT2D eigenvalue weighted by Gasteiger charge is -2.40. The van der Waals surface area contributed by atoms with Gasteiger partial charge in [0.2, 0.25) is 5.91 Å². The Labute approximate surface area is 105 Å². The van der Waals surface area contributed by atoms with E-state index in [1.807, 2.05) is 0 Å². The van der Waals surface area contributed by atoms with E-state index in [1.165, 1.54) is 19.3 Å². The third-order valence-corrected chi connectivity index (χ3v) is 4.49. The Balaban J connectivity index is 1.88. The van der Waals surface area contributed by atoms with E-state index in [4.69, 9.17) is 0 Å². The molecule has 17 heavy (non-hydrogen) atoms. The van der Waals surface area contributed by atoms with Crippen molar-refractivity contribution < 1.29 is 4.79 Å². The van der Waals surface area contributed by atoms with Crippen LogP contribution in [0, 0.1) is 11.3 Å². The van der Waals surface area contributed by atoms with Crippen molar-refractivity contribution in [2.75, 3.05) is 13.1 Å². The minimum atomic E-state index is 0.196. The van der Waals surface area contributed by atoms with Crippen LogP contribution in [-0.2, 0) is 4.79 Å². The highest BCUT2D eigenvalue weighted by atomic mass is 16.2. The first kappa shape index (κ1) is 12.9. The van der Waals surface area contributed by atoms with Crippen molar-refractivity contribution in [3.63, 3.8) is 0 Å². The summed E-state index contributed by atoms with van der Waals surface area (Å²) in [6, 6.07) is 0.380. The van der Waals surface area contributed by atoms with E-state index in [0.29, 0.717) is 6.04 Å². The van der Waals surface area contributed by atoms with Crippen LogP contribution >= 0.6 is 0 Å². The van der Waals surface area contributed by atoms with Crippen LogP contribution in [0.5, 0.6) is 0 Å². The van der Waals surface area contributed by atoms with Crippen molar-refractivity contribution in [3.05, 3.63) is 0 Å². The third-order valence-electron chi connectivity index (χ3n) is 4.49. The van der Waals surface area contributed by atoms with Crippen molar-refractivity contribution in [2.45, 2.75) is 58.4 Å². The van der Waals surface area contributed by atoms with E-state index in [-0.39, 0.29) is 17.2 Å².